The molecule has 1 aliphatic heterocycles. The fourth-order valence-corrected chi connectivity index (χ4v) is 6.34. The number of rotatable bonds is 8. The van der Waals surface area contributed by atoms with Crippen molar-refractivity contribution in [3.05, 3.63) is 87.1 Å². The van der Waals surface area contributed by atoms with E-state index in [1.54, 1.807) is 29.5 Å². The molecular weight excluding hydrogens is 466 g/mol. The van der Waals surface area contributed by atoms with E-state index >= 15 is 0 Å². The van der Waals surface area contributed by atoms with Crippen molar-refractivity contribution in [2.24, 2.45) is 0 Å². The SMILES string of the molecule is CC(C)N(C)Cc1ccccc1CNC(=O)c1cccc(S(=O)(=O)N2CCc3sccc3C2)c1. The molecule has 0 radical (unpaired) electrons. The molecule has 1 amide bonds. The number of amides is 1. The fraction of sp³-hybridized carbons (Fsp3) is 0.346. The highest BCUT2D eigenvalue weighted by atomic mass is 32.2. The summed E-state index contributed by atoms with van der Waals surface area (Å²) in [7, 11) is -1.60. The van der Waals surface area contributed by atoms with E-state index in [9.17, 15) is 13.2 Å². The lowest BCUT2D eigenvalue weighted by Gasteiger charge is -2.26. The van der Waals surface area contributed by atoms with Crippen molar-refractivity contribution in [2.75, 3.05) is 13.6 Å². The Hall–Kier alpha value is -2.52. The molecule has 0 saturated carbocycles. The van der Waals surface area contributed by atoms with Crippen LogP contribution in [0, 0.1) is 0 Å². The van der Waals surface area contributed by atoms with Crippen LogP contribution in [0.25, 0.3) is 0 Å². The minimum absolute atomic E-state index is 0.151. The normalized spacial score (nSPS) is 14.4. The first-order valence-corrected chi connectivity index (χ1v) is 13.8. The number of carbonyl (C=O) groups is 1. The summed E-state index contributed by atoms with van der Waals surface area (Å²) >= 11 is 1.67. The Balaban J connectivity index is 1.46. The molecule has 2 aromatic carbocycles. The highest BCUT2D eigenvalue weighted by Crippen LogP contribution is 2.28. The maximum absolute atomic E-state index is 13.3. The molecule has 1 N–H and O–H groups in total. The molecule has 2 heterocycles. The highest BCUT2D eigenvalue weighted by molar-refractivity contribution is 7.89. The number of benzene rings is 2. The van der Waals surface area contributed by atoms with E-state index in [1.165, 1.54) is 15.2 Å². The molecule has 8 heteroatoms. The van der Waals surface area contributed by atoms with Gasteiger partial charge in [0.25, 0.3) is 5.91 Å². The molecule has 34 heavy (non-hydrogen) atoms. The summed E-state index contributed by atoms with van der Waals surface area (Å²) in [6.07, 6.45) is 0.720. The molecule has 0 atom stereocenters. The lowest BCUT2D eigenvalue weighted by atomic mass is 10.1. The molecule has 4 rings (SSSR count). The summed E-state index contributed by atoms with van der Waals surface area (Å²) in [5.41, 5.74) is 3.61. The van der Waals surface area contributed by atoms with Gasteiger partial charge < -0.3 is 5.32 Å². The molecule has 3 aromatic rings. The Morgan fingerprint density at radius 1 is 1.12 bits per heavy atom. The highest BCUT2D eigenvalue weighted by Gasteiger charge is 2.29. The number of nitrogens with zero attached hydrogens (tertiary/aromatic N) is 2. The minimum atomic E-state index is -3.68. The first kappa shape index (κ1) is 24.6. The number of sulfonamides is 1. The molecule has 0 unspecified atom stereocenters. The van der Waals surface area contributed by atoms with Gasteiger partial charge in [0.15, 0.2) is 0 Å². The molecule has 1 aromatic heterocycles. The van der Waals surface area contributed by atoms with Gasteiger partial charge in [0.05, 0.1) is 4.90 Å². The third-order valence-corrected chi connectivity index (χ3v) is 9.23. The van der Waals surface area contributed by atoms with Gasteiger partial charge in [-0.15, -0.1) is 11.3 Å². The van der Waals surface area contributed by atoms with Gasteiger partial charge in [-0.05, 0) is 73.7 Å². The predicted molar refractivity (Wildman–Crippen MR) is 136 cm³/mol. The van der Waals surface area contributed by atoms with Crippen LogP contribution < -0.4 is 5.32 Å². The van der Waals surface area contributed by atoms with E-state index in [1.807, 2.05) is 29.6 Å². The Kier molecular flexibility index (Phi) is 7.52. The Bertz CT molecular complexity index is 1270. The Morgan fingerprint density at radius 3 is 2.65 bits per heavy atom. The Morgan fingerprint density at radius 2 is 1.88 bits per heavy atom. The molecule has 0 bridgehead atoms. The lowest BCUT2D eigenvalue weighted by Crippen LogP contribution is -2.35. The largest absolute Gasteiger partial charge is 0.348 e. The van der Waals surface area contributed by atoms with Gasteiger partial charge >= 0.3 is 0 Å². The number of thiophene rings is 1. The van der Waals surface area contributed by atoms with Crippen LogP contribution in [-0.4, -0.2) is 43.2 Å². The lowest BCUT2D eigenvalue weighted by molar-refractivity contribution is 0.0950. The van der Waals surface area contributed by atoms with E-state index in [-0.39, 0.29) is 10.8 Å². The summed E-state index contributed by atoms with van der Waals surface area (Å²) in [5, 5.41) is 4.97. The van der Waals surface area contributed by atoms with Gasteiger partial charge in [-0.2, -0.15) is 4.31 Å². The second-order valence-corrected chi connectivity index (χ2v) is 11.9. The van der Waals surface area contributed by atoms with E-state index in [2.05, 4.69) is 37.2 Å². The summed E-state index contributed by atoms with van der Waals surface area (Å²) in [6.45, 7) is 6.29. The van der Waals surface area contributed by atoms with Crippen LogP contribution in [0.4, 0.5) is 0 Å². The molecule has 0 saturated heterocycles. The average Bonchev–Trinajstić information content (AvgIpc) is 3.31. The van der Waals surface area contributed by atoms with Crippen LogP contribution in [0.3, 0.4) is 0 Å². The predicted octanol–water partition coefficient (Wildman–Crippen LogP) is 4.27. The Labute approximate surface area is 206 Å². The molecule has 1 aliphatic rings. The van der Waals surface area contributed by atoms with Crippen molar-refractivity contribution in [1.82, 2.24) is 14.5 Å². The topological polar surface area (TPSA) is 69.7 Å². The van der Waals surface area contributed by atoms with Crippen LogP contribution in [0.1, 0.15) is 45.8 Å². The van der Waals surface area contributed by atoms with Crippen LogP contribution >= 0.6 is 11.3 Å². The van der Waals surface area contributed by atoms with Gasteiger partial charge in [-0.25, -0.2) is 8.42 Å². The van der Waals surface area contributed by atoms with Crippen molar-refractivity contribution < 1.29 is 13.2 Å². The first-order valence-electron chi connectivity index (χ1n) is 11.5. The summed E-state index contributed by atoms with van der Waals surface area (Å²) in [6, 6.07) is 16.8. The second-order valence-electron chi connectivity index (χ2n) is 8.95. The maximum Gasteiger partial charge on any atom is 0.251 e. The third kappa shape index (κ3) is 5.41. The molecule has 0 fully saturated rings. The third-order valence-electron chi connectivity index (χ3n) is 6.37. The average molecular weight is 498 g/mol. The summed E-state index contributed by atoms with van der Waals surface area (Å²) in [4.78, 5) is 16.6. The van der Waals surface area contributed by atoms with Crippen LogP contribution in [0.15, 0.2) is 64.9 Å². The van der Waals surface area contributed by atoms with Gasteiger partial charge in [0, 0.05) is 42.7 Å². The molecule has 0 aliphatic carbocycles. The number of fused-ring (bicyclic) bond motifs is 1. The number of hydrogen-bond donors (Lipinski definition) is 1. The van der Waals surface area contributed by atoms with Gasteiger partial charge in [0.2, 0.25) is 10.0 Å². The molecular formula is C26H31N3O3S2. The molecule has 180 valence electrons. The smallest absolute Gasteiger partial charge is 0.251 e. The van der Waals surface area contributed by atoms with Gasteiger partial charge in [-0.3, -0.25) is 9.69 Å². The van der Waals surface area contributed by atoms with E-state index in [4.69, 9.17) is 0 Å². The van der Waals surface area contributed by atoms with Crippen molar-refractivity contribution >= 4 is 27.3 Å². The van der Waals surface area contributed by atoms with Crippen molar-refractivity contribution in [1.29, 1.82) is 0 Å². The summed E-state index contributed by atoms with van der Waals surface area (Å²) in [5.74, 6) is -0.289. The van der Waals surface area contributed by atoms with Crippen LogP contribution in [0.5, 0.6) is 0 Å². The zero-order valence-corrected chi connectivity index (χ0v) is 21.5. The molecule has 6 nitrogen and oxygen atoms in total. The molecule has 0 spiro atoms. The van der Waals surface area contributed by atoms with Crippen LogP contribution in [-0.2, 0) is 36.1 Å². The van der Waals surface area contributed by atoms with E-state index in [0.717, 1.165) is 29.7 Å². The van der Waals surface area contributed by atoms with Crippen molar-refractivity contribution in [2.45, 2.75) is 50.8 Å². The van der Waals surface area contributed by atoms with Gasteiger partial charge in [-0.1, -0.05) is 30.3 Å². The minimum Gasteiger partial charge on any atom is -0.348 e. The van der Waals surface area contributed by atoms with Crippen molar-refractivity contribution in [3.63, 3.8) is 0 Å². The second kappa shape index (κ2) is 10.4. The summed E-state index contributed by atoms with van der Waals surface area (Å²) < 4.78 is 28.0. The number of nitrogens with one attached hydrogen (secondary N) is 1. The van der Waals surface area contributed by atoms with Crippen LogP contribution in [0.2, 0.25) is 0 Å². The van der Waals surface area contributed by atoms with E-state index in [0.29, 0.717) is 31.2 Å². The number of hydrogen-bond acceptors (Lipinski definition) is 5. The fourth-order valence-electron chi connectivity index (χ4n) is 3.99. The monoisotopic (exact) mass is 497 g/mol. The van der Waals surface area contributed by atoms with E-state index < -0.39 is 10.0 Å². The van der Waals surface area contributed by atoms with Crippen molar-refractivity contribution in [3.8, 4) is 0 Å². The zero-order valence-electron chi connectivity index (χ0n) is 19.8. The number of carbonyl (C=O) groups excluding carboxylic acids is 1. The maximum atomic E-state index is 13.3. The van der Waals surface area contributed by atoms with Gasteiger partial charge in [0.1, 0.15) is 0 Å². The quantitative estimate of drug-likeness (QED) is 0.505. The standard InChI is InChI=1S/C26H31N3O3S2/c1-19(2)28(3)17-22-8-5-4-7-21(22)16-27-26(30)20-9-6-10-24(15-20)34(31,32)29-13-11-25-23(18-29)12-14-33-25/h4-10,12,14-15,19H,11,13,16-18H2,1-3H3,(H,27,30). The zero-order chi connectivity index (χ0) is 24.3. The first-order chi connectivity index (χ1) is 16.3.